The van der Waals surface area contributed by atoms with Crippen molar-refractivity contribution in [3.63, 3.8) is 0 Å². The van der Waals surface area contributed by atoms with Crippen LogP contribution >= 0.6 is 0 Å². The van der Waals surface area contributed by atoms with Gasteiger partial charge in [0.2, 0.25) is 5.91 Å². The van der Waals surface area contributed by atoms with Crippen molar-refractivity contribution in [1.82, 2.24) is 16.0 Å². The summed E-state index contributed by atoms with van der Waals surface area (Å²) >= 11 is 0. The Hall–Kier alpha value is -3.66. The summed E-state index contributed by atoms with van der Waals surface area (Å²) in [4.78, 5) is 84.3. The van der Waals surface area contributed by atoms with Gasteiger partial charge in [0, 0.05) is 20.1 Å². The van der Waals surface area contributed by atoms with Crippen LogP contribution in [0, 0.1) is 0 Å². The van der Waals surface area contributed by atoms with Gasteiger partial charge in [-0.25, -0.2) is 19.2 Å². The van der Waals surface area contributed by atoms with Gasteiger partial charge in [-0.15, -0.1) is 0 Å². The Morgan fingerprint density at radius 1 is 0.422 bits per heavy atom. The predicted molar refractivity (Wildman–Crippen MR) is 246 cm³/mol. The van der Waals surface area contributed by atoms with Crippen molar-refractivity contribution in [3.05, 3.63) is 0 Å². The summed E-state index contributed by atoms with van der Waals surface area (Å²) in [7, 11) is 2.65. The molecular weight excluding hydrogens is 827 g/mol. The second kappa shape index (κ2) is 45.9. The molecule has 0 aliphatic carbocycles. The van der Waals surface area contributed by atoms with Crippen molar-refractivity contribution in [3.8, 4) is 0 Å². The number of hydrogen-bond donors (Lipinski definition) is 3. The van der Waals surface area contributed by atoms with Crippen molar-refractivity contribution in [2.45, 2.75) is 219 Å². The quantitative estimate of drug-likeness (QED) is 0.0171. The average molecular weight is 916 g/mol. The van der Waals surface area contributed by atoms with Gasteiger partial charge in [-0.2, -0.15) is 4.89 Å². The summed E-state index contributed by atoms with van der Waals surface area (Å²) in [6.07, 6.45) is 27.6. The molecule has 0 saturated heterocycles. The van der Waals surface area contributed by atoms with Crippen LogP contribution in [-0.4, -0.2) is 102 Å². The van der Waals surface area contributed by atoms with Crippen LogP contribution in [0.3, 0.4) is 0 Å². The van der Waals surface area contributed by atoms with E-state index in [4.69, 9.17) is 23.7 Å². The molecule has 0 radical (unpaired) electrons. The number of alkyl carbamates (subject to hydrolysis) is 1. The topological polar surface area (TPSA) is 203 Å². The van der Waals surface area contributed by atoms with Crippen LogP contribution in [0.25, 0.3) is 0 Å². The van der Waals surface area contributed by atoms with Gasteiger partial charge in [0.15, 0.2) is 0 Å². The van der Waals surface area contributed by atoms with E-state index in [0.29, 0.717) is 25.9 Å². The molecule has 0 fully saturated rings. The van der Waals surface area contributed by atoms with Crippen LogP contribution in [0.4, 0.5) is 9.59 Å². The number of amides is 3. The summed E-state index contributed by atoms with van der Waals surface area (Å²) in [6.45, 7) is 5.00. The highest BCUT2D eigenvalue weighted by Gasteiger charge is 2.26. The second-order valence-corrected chi connectivity index (χ2v) is 16.5. The number of carbonyl (C=O) groups excluding carboxylic acids is 6. The number of unbranched alkanes of at least 4 members (excludes halogenated alkanes) is 23. The second-order valence-electron chi connectivity index (χ2n) is 16.5. The zero-order valence-electron chi connectivity index (χ0n) is 40.4. The molecule has 0 spiro atoms. The smallest absolute Gasteiger partial charge is 0.438 e. The lowest BCUT2D eigenvalue weighted by molar-refractivity contribution is -0.212. The molecule has 0 bridgehead atoms. The van der Waals surface area contributed by atoms with E-state index >= 15 is 0 Å². The highest BCUT2D eigenvalue weighted by molar-refractivity contribution is 5.85. The van der Waals surface area contributed by atoms with E-state index in [1.165, 1.54) is 123 Å². The summed E-state index contributed by atoms with van der Waals surface area (Å²) < 4.78 is 26.2. The Kier molecular flexibility index (Phi) is 43.3. The van der Waals surface area contributed by atoms with E-state index in [-0.39, 0.29) is 58.7 Å². The van der Waals surface area contributed by atoms with Gasteiger partial charge in [-0.1, -0.05) is 155 Å². The molecule has 0 saturated carbocycles. The van der Waals surface area contributed by atoms with Gasteiger partial charge >= 0.3 is 30.1 Å². The standard InChI is InChI=1S/C48H89N3O13/c1-5-7-9-11-13-15-17-19-21-23-25-29-36-60-44(53)33-32-42(46(55)61-37-30-26-24-22-20-18-16-14-12-10-8-6-2)50-43(52)34-38-62-45(54)41(51-48(57)63-40-39-58-3)31-27-28-35-49-47(56)64-59-4/h41-42H,5-40H2,1-4H3,(H,49,56)(H,50,52)(H,51,57). The molecule has 0 heterocycles. The van der Waals surface area contributed by atoms with Crippen LogP contribution in [-0.2, 0) is 52.6 Å². The van der Waals surface area contributed by atoms with Gasteiger partial charge in [0.1, 0.15) is 25.3 Å². The maximum atomic E-state index is 13.2. The Bertz CT molecular complexity index is 1180. The molecule has 16 heteroatoms. The minimum absolute atomic E-state index is 0.00465. The van der Waals surface area contributed by atoms with Crippen LogP contribution in [0.1, 0.15) is 206 Å². The summed E-state index contributed by atoms with van der Waals surface area (Å²) in [5.41, 5.74) is 0. The molecule has 0 aromatic rings. The third-order valence-electron chi connectivity index (χ3n) is 10.8. The Morgan fingerprint density at radius 3 is 1.39 bits per heavy atom. The monoisotopic (exact) mass is 916 g/mol. The maximum Gasteiger partial charge on any atom is 0.438 e. The molecule has 0 aromatic carbocycles. The lowest BCUT2D eigenvalue weighted by atomic mass is 10.1. The van der Waals surface area contributed by atoms with Crippen molar-refractivity contribution in [2.75, 3.05) is 53.8 Å². The fourth-order valence-electron chi connectivity index (χ4n) is 6.96. The van der Waals surface area contributed by atoms with Crippen molar-refractivity contribution < 1.29 is 62.2 Å². The van der Waals surface area contributed by atoms with Gasteiger partial charge in [0.25, 0.3) is 0 Å². The van der Waals surface area contributed by atoms with Crippen LogP contribution < -0.4 is 16.0 Å². The molecule has 2 unspecified atom stereocenters. The van der Waals surface area contributed by atoms with E-state index in [1.54, 1.807) is 0 Å². The first-order valence-corrected chi connectivity index (χ1v) is 24.9. The van der Waals surface area contributed by atoms with Crippen molar-refractivity contribution in [1.29, 1.82) is 0 Å². The third kappa shape index (κ3) is 39.9. The Morgan fingerprint density at radius 2 is 0.891 bits per heavy atom. The van der Waals surface area contributed by atoms with E-state index in [2.05, 4.69) is 39.6 Å². The maximum absolute atomic E-state index is 13.2. The van der Waals surface area contributed by atoms with E-state index in [9.17, 15) is 28.8 Å². The number of carbonyl (C=O) groups is 6. The Labute approximate surface area is 385 Å². The van der Waals surface area contributed by atoms with E-state index < -0.39 is 48.1 Å². The molecular formula is C48H89N3O13. The van der Waals surface area contributed by atoms with Gasteiger partial charge in [0.05, 0.1) is 33.4 Å². The summed E-state index contributed by atoms with van der Waals surface area (Å²) in [5, 5.41) is 7.59. The highest BCUT2D eigenvalue weighted by Crippen LogP contribution is 2.14. The minimum atomic E-state index is -1.10. The summed E-state index contributed by atoms with van der Waals surface area (Å²) in [6, 6.07) is -2.20. The van der Waals surface area contributed by atoms with Crippen LogP contribution in [0.2, 0.25) is 0 Å². The number of ether oxygens (including phenoxy) is 5. The van der Waals surface area contributed by atoms with Crippen LogP contribution in [0.5, 0.6) is 0 Å². The molecule has 0 aliphatic heterocycles. The SMILES string of the molecule is CCCCCCCCCCCCCCOC(=O)CCC(NC(=O)CCOC(=O)C(CCCCNC(=O)OOC)NC(=O)OCCOC)C(=O)OCCCCCCCCCCCCCC. The number of hydrogen-bond acceptors (Lipinski definition) is 13. The molecule has 3 N–H and O–H groups in total. The number of rotatable bonds is 45. The number of esters is 3. The van der Waals surface area contributed by atoms with E-state index in [1.807, 2.05) is 0 Å². The zero-order valence-corrected chi connectivity index (χ0v) is 40.4. The highest BCUT2D eigenvalue weighted by atomic mass is 17.2. The third-order valence-corrected chi connectivity index (χ3v) is 10.8. The van der Waals surface area contributed by atoms with Gasteiger partial charge in [-0.05, 0) is 38.5 Å². The first kappa shape index (κ1) is 60.3. The fourth-order valence-corrected chi connectivity index (χ4v) is 6.96. The molecule has 0 aromatic heterocycles. The number of methoxy groups -OCH3 is 1. The molecule has 374 valence electrons. The summed E-state index contributed by atoms with van der Waals surface area (Å²) in [5.74, 6) is -2.46. The molecule has 64 heavy (non-hydrogen) atoms. The first-order valence-electron chi connectivity index (χ1n) is 24.9. The molecule has 0 aliphatic rings. The molecule has 16 nitrogen and oxygen atoms in total. The lowest BCUT2D eigenvalue weighted by Crippen LogP contribution is -2.44. The largest absolute Gasteiger partial charge is 0.466 e. The van der Waals surface area contributed by atoms with E-state index in [0.717, 1.165) is 38.5 Å². The molecule has 0 rings (SSSR count). The van der Waals surface area contributed by atoms with Gasteiger partial charge < -0.3 is 39.6 Å². The number of nitrogens with one attached hydrogen (secondary N) is 3. The fraction of sp³-hybridized carbons (Fsp3) is 0.875. The Balaban J connectivity index is 4.98. The van der Waals surface area contributed by atoms with Crippen LogP contribution in [0.15, 0.2) is 0 Å². The normalized spacial score (nSPS) is 11.9. The zero-order chi connectivity index (χ0) is 47.1. The van der Waals surface area contributed by atoms with Crippen molar-refractivity contribution >= 4 is 36.0 Å². The average Bonchev–Trinajstić information content (AvgIpc) is 3.27. The minimum Gasteiger partial charge on any atom is -0.466 e. The van der Waals surface area contributed by atoms with Crippen molar-refractivity contribution in [2.24, 2.45) is 0 Å². The molecule has 2 atom stereocenters. The predicted octanol–water partition coefficient (Wildman–Crippen LogP) is 9.87. The molecule has 3 amide bonds. The lowest BCUT2D eigenvalue weighted by Gasteiger charge is -2.19. The van der Waals surface area contributed by atoms with Gasteiger partial charge in [-0.3, -0.25) is 14.5 Å². The first-order chi connectivity index (χ1) is 31.2.